The van der Waals surface area contributed by atoms with Gasteiger partial charge in [-0.25, -0.2) is 0 Å². The summed E-state index contributed by atoms with van der Waals surface area (Å²) in [6.45, 7) is 3.20. The molecule has 1 aliphatic heterocycles. The molecule has 0 spiro atoms. The molecule has 1 aliphatic carbocycles. The van der Waals surface area contributed by atoms with Crippen molar-refractivity contribution in [2.75, 3.05) is 20.3 Å². The van der Waals surface area contributed by atoms with Crippen molar-refractivity contribution in [2.24, 2.45) is 11.8 Å². The lowest BCUT2D eigenvalue weighted by Gasteiger charge is -2.38. The SMILES string of the molecule is CCCC1CCC(N(C)C2COCC2C(=O)O)CC1. The Balaban J connectivity index is 1.86. The number of likely N-dealkylation sites (N-methyl/N-ethyl adjacent to an activating group) is 1. The second-order valence-corrected chi connectivity index (χ2v) is 6.18. The summed E-state index contributed by atoms with van der Waals surface area (Å²) in [6, 6.07) is 0.604. The summed E-state index contributed by atoms with van der Waals surface area (Å²) in [5.74, 6) is -0.169. The quantitative estimate of drug-likeness (QED) is 0.832. The van der Waals surface area contributed by atoms with Gasteiger partial charge in [-0.05, 0) is 38.6 Å². The minimum Gasteiger partial charge on any atom is -0.481 e. The molecule has 4 heteroatoms. The summed E-state index contributed by atoms with van der Waals surface area (Å²) in [4.78, 5) is 13.5. The maximum atomic E-state index is 11.2. The average Bonchev–Trinajstić information content (AvgIpc) is 2.88. The van der Waals surface area contributed by atoms with E-state index in [4.69, 9.17) is 4.74 Å². The Hall–Kier alpha value is -0.610. The lowest BCUT2D eigenvalue weighted by atomic mass is 9.82. The first kappa shape index (κ1) is 14.8. The maximum absolute atomic E-state index is 11.2. The molecule has 1 heterocycles. The zero-order chi connectivity index (χ0) is 13.8. The molecule has 110 valence electrons. The van der Waals surface area contributed by atoms with E-state index in [9.17, 15) is 9.90 Å². The highest BCUT2D eigenvalue weighted by atomic mass is 16.5. The van der Waals surface area contributed by atoms with Gasteiger partial charge in [-0.15, -0.1) is 0 Å². The van der Waals surface area contributed by atoms with Crippen molar-refractivity contribution >= 4 is 5.97 Å². The fourth-order valence-electron chi connectivity index (χ4n) is 3.70. The summed E-state index contributed by atoms with van der Waals surface area (Å²) in [5.41, 5.74) is 0. The average molecular weight is 269 g/mol. The minimum absolute atomic E-state index is 0.0604. The Morgan fingerprint density at radius 2 is 1.95 bits per heavy atom. The third-order valence-corrected chi connectivity index (χ3v) is 4.98. The molecule has 1 saturated carbocycles. The van der Waals surface area contributed by atoms with Gasteiger partial charge < -0.3 is 9.84 Å². The molecule has 2 rings (SSSR count). The summed E-state index contributed by atoms with van der Waals surface area (Å²) in [6.07, 6.45) is 7.65. The fourth-order valence-corrected chi connectivity index (χ4v) is 3.70. The number of nitrogens with zero attached hydrogens (tertiary/aromatic N) is 1. The highest BCUT2D eigenvalue weighted by Crippen LogP contribution is 2.32. The van der Waals surface area contributed by atoms with Crippen molar-refractivity contribution in [3.8, 4) is 0 Å². The van der Waals surface area contributed by atoms with E-state index in [1.807, 2.05) is 0 Å². The first-order valence-electron chi connectivity index (χ1n) is 7.66. The third kappa shape index (κ3) is 3.48. The molecule has 2 aliphatic rings. The molecule has 0 bridgehead atoms. The van der Waals surface area contributed by atoms with Crippen molar-refractivity contribution in [1.29, 1.82) is 0 Å². The van der Waals surface area contributed by atoms with Crippen LogP contribution in [-0.4, -0.2) is 48.3 Å². The van der Waals surface area contributed by atoms with Crippen LogP contribution in [0.3, 0.4) is 0 Å². The molecule has 0 radical (unpaired) electrons. The number of carboxylic acids is 1. The van der Waals surface area contributed by atoms with Gasteiger partial charge in [0.25, 0.3) is 0 Å². The van der Waals surface area contributed by atoms with Crippen LogP contribution in [-0.2, 0) is 9.53 Å². The van der Waals surface area contributed by atoms with E-state index in [0.717, 1.165) is 5.92 Å². The lowest BCUT2D eigenvalue weighted by Crippen LogP contribution is -2.47. The van der Waals surface area contributed by atoms with Crippen LogP contribution in [0.4, 0.5) is 0 Å². The Bertz CT molecular complexity index is 300. The molecule has 19 heavy (non-hydrogen) atoms. The van der Waals surface area contributed by atoms with Crippen LogP contribution >= 0.6 is 0 Å². The van der Waals surface area contributed by atoms with E-state index in [0.29, 0.717) is 19.3 Å². The molecule has 2 fully saturated rings. The molecular weight excluding hydrogens is 242 g/mol. The Morgan fingerprint density at radius 3 is 2.53 bits per heavy atom. The van der Waals surface area contributed by atoms with E-state index in [-0.39, 0.29) is 12.0 Å². The molecule has 2 atom stereocenters. The van der Waals surface area contributed by atoms with E-state index in [1.54, 1.807) is 0 Å². The van der Waals surface area contributed by atoms with Gasteiger partial charge in [0, 0.05) is 12.1 Å². The molecular formula is C15H27NO3. The molecule has 4 nitrogen and oxygen atoms in total. The highest BCUT2D eigenvalue weighted by molar-refractivity contribution is 5.71. The van der Waals surface area contributed by atoms with Crippen molar-refractivity contribution in [3.63, 3.8) is 0 Å². The van der Waals surface area contributed by atoms with Crippen LogP contribution in [0.5, 0.6) is 0 Å². The van der Waals surface area contributed by atoms with Crippen LogP contribution in [0.1, 0.15) is 45.4 Å². The molecule has 0 aromatic carbocycles. The van der Waals surface area contributed by atoms with Crippen molar-refractivity contribution in [3.05, 3.63) is 0 Å². The van der Waals surface area contributed by atoms with Gasteiger partial charge in [-0.3, -0.25) is 9.69 Å². The lowest BCUT2D eigenvalue weighted by molar-refractivity contribution is -0.143. The van der Waals surface area contributed by atoms with Crippen molar-refractivity contribution in [2.45, 2.75) is 57.5 Å². The van der Waals surface area contributed by atoms with Crippen LogP contribution < -0.4 is 0 Å². The van der Waals surface area contributed by atoms with Gasteiger partial charge in [0.2, 0.25) is 0 Å². The predicted octanol–water partition coefficient (Wildman–Crippen LogP) is 2.38. The smallest absolute Gasteiger partial charge is 0.310 e. The molecule has 2 unspecified atom stereocenters. The zero-order valence-electron chi connectivity index (χ0n) is 12.2. The number of aliphatic carboxylic acids is 1. The summed E-state index contributed by atoms with van der Waals surface area (Å²) < 4.78 is 5.38. The highest BCUT2D eigenvalue weighted by Gasteiger charge is 2.39. The van der Waals surface area contributed by atoms with Crippen molar-refractivity contribution < 1.29 is 14.6 Å². The van der Waals surface area contributed by atoms with E-state index < -0.39 is 5.97 Å². The standard InChI is InChI=1S/C15H27NO3/c1-3-4-11-5-7-12(8-6-11)16(2)14-10-19-9-13(14)15(17)18/h11-14H,3-10H2,1-2H3,(H,17,18). The topological polar surface area (TPSA) is 49.8 Å². The summed E-state index contributed by atoms with van der Waals surface area (Å²) in [5, 5.41) is 9.24. The fraction of sp³-hybridized carbons (Fsp3) is 0.933. The van der Waals surface area contributed by atoms with Crippen LogP contribution in [0, 0.1) is 11.8 Å². The third-order valence-electron chi connectivity index (χ3n) is 4.98. The Kier molecular flexibility index (Phi) is 5.22. The minimum atomic E-state index is -0.714. The van der Waals surface area contributed by atoms with Crippen LogP contribution in [0.15, 0.2) is 0 Å². The number of hydrogen-bond acceptors (Lipinski definition) is 3. The second-order valence-electron chi connectivity index (χ2n) is 6.18. The first-order chi connectivity index (χ1) is 9.13. The molecule has 0 amide bonds. The number of carboxylic acid groups (broad SMARTS) is 1. The zero-order valence-corrected chi connectivity index (χ0v) is 12.2. The van der Waals surface area contributed by atoms with Crippen molar-refractivity contribution in [1.82, 2.24) is 4.90 Å². The summed E-state index contributed by atoms with van der Waals surface area (Å²) in [7, 11) is 2.08. The first-order valence-corrected chi connectivity index (χ1v) is 7.66. The van der Waals surface area contributed by atoms with Gasteiger partial charge in [0.1, 0.15) is 0 Å². The van der Waals surface area contributed by atoms with Gasteiger partial charge in [0.15, 0.2) is 0 Å². The number of carbonyl (C=O) groups is 1. The number of rotatable bonds is 5. The van der Waals surface area contributed by atoms with Gasteiger partial charge in [-0.2, -0.15) is 0 Å². The number of ether oxygens (including phenoxy) is 1. The Morgan fingerprint density at radius 1 is 1.26 bits per heavy atom. The predicted molar refractivity (Wildman–Crippen MR) is 74.1 cm³/mol. The molecule has 1 N–H and O–H groups in total. The van der Waals surface area contributed by atoms with Gasteiger partial charge in [0.05, 0.1) is 19.1 Å². The Labute approximate surface area is 116 Å². The molecule has 0 aromatic heterocycles. The normalized spacial score (nSPS) is 35.7. The maximum Gasteiger partial charge on any atom is 0.310 e. The summed E-state index contributed by atoms with van der Waals surface area (Å²) >= 11 is 0. The van der Waals surface area contributed by atoms with E-state index in [1.165, 1.54) is 38.5 Å². The van der Waals surface area contributed by atoms with Crippen LogP contribution in [0.2, 0.25) is 0 Å². The second kappa shape index (κ2) is 6.71. The van der Waals surface area contributed by atoms with Crippen LogP contribution in [0.25, 0.3) is 0 Å². The largest absolute Gasteiger partial charge is 0.481 e. The van der Waals surface area contributed by atoms with E-state index >= 15 is 0 Å². The van der Waals surface area contributed by atoms with Gasteiger partial charge >= 0.3 is 5.97 Å². The molecule has 1 saturated heterocycles. The molecule has 0 aromatic rings. The monoisotopic (exact) mass is 269 g/mol. The van der Waals surface area contributed by atoms with Gasteiger partial charge in [-0.1, -0.05) is 19.8 Å². The van der Waals surface area contributed by atoms with E-state index in [2.05, 4.69) is 18.9 Å². The number of hydrogen-bond donors (Lipinski definition) is 1.